The van der Waals surface area contributed by atoms with Gasteiger partial charge >= 0.3 is 0 Å². The summed E-state index contributed by atoms with van der Waals surface area (Å²) < 4.78 is 5.26. The van der Waals surface area contributed by atoms with Gasteiger partial charge in [-0.25, -0.2) is 0 Å². The maximum Gasteiger partial charge on any atom is 0.254 e. The molecular formula is C19H19Cl2N3O3. The molecule has 0 bridgehead atoms. The van der Waals surface area contributed by atoms with Crippen LogP contribution in [0.5, 0.6) is 0 Å². The normalized spacial score (nSPS) is 13.9. The summed E-state index contributed by atoms with van der Waals surface area (Å²) in [5.41, 5.74) is 1.81. The molecule has 1 fully saturated rings. The van der Waals surface area contributed by atoms with E-state index in [1.807, 2.05) is 0 Å². The van der Waals surface area contributed by atoms with Gasteiger partial charge in [-0.2, -0.15) is 0 Å². The fourth-order valence-electron chi connectivity index (χ4n) is 2.65. The lowest BCUT2D eigenvalue weighted by molar-refractivity contribution is -0.114. The number of morpholine rings is 1. The predicted molar refractivity (Wildman–Crippen MR) is 107 cm³/mol. The summed E-state index contributed by atoms with van der Waals surface area (Å²) in [6.07, 6.45) is 0. The van der Waals surface area contributed by atoms with Gasteiger partial charge in [-0.3, -0.25) is 9.59 Å². The summed E-state index contributed by atoms with van der Waals surface area (Å²) in [6, 6.07) is 11.9. The maximum atomic E-state index is 12.4. The van der Waals surface area contributed by atoms with E-state index in [-0.39, 0.29) is 18.4 Å². The highest BCUT2D eigenvalue weighted by molar-refractivity contribution is 6.35. The number of carbonyl (C=O) groups is 2. The predicted octanol–water partition coefficient (Wildman–Crippen LogP) is 3.52. The van der Waals surface area contributed by atoms with Gasteiger partial charge in [-0.15, -0.1) is 0 Å². The number of ether oxygens (including phenoxy) is 1. The first kappa shape index (κ1) is 19.5. The molecule has 2 aromatic rings. The Labute approximate surface area is 167 Å². The molecular weight excluding hydrogens is 389 g/mol. The topological polar surface area (TPSA) is 70.7 Å². The second-order valence-electron chi connectivity index (χ2n) is 6.01. The molecule has 1 heterocycles. The minimum atomic E-state index is -0.257. The fourth-order valence-corrected chi connectivity index (χ4v) is 2.99. The van der Waals surface area contributed by atoms with Crippen LogP contribution >= 0.6 is 23.2 Å². The van der Waals surface area contributed by atoms with E-state index in [2.05, 4.69) is 10.6 Å². The Balaban J connectivity index is 1.53. The van der Waals surface area contributed by atoms with Gasteiger partial charge in [0.25, 0.3) is 5.91 Å². The Morgan fingerprint density at radius 1 is 1.04 bits per heavy atom. The van der Waals surface area contributed by atoms with E-state index in [1.165, 1.54) is 0 Å². The van der Waals surface area contributed by atoms with E-state index in [9.17, 15) is 9.59 Å². The molecule has 1 aliphatic rings. The van der Waals surface area contributed by atoms with Crippen molar-refractivity contribution in [3.05, 3.63) is 58.1 Å². The summed E-state index contributed by atoms with van der Waals surface area (Å²) in [7, 11) is 0. The van der Waals surface area contributed by atoms with Gasteiger partial charge in [-0.1, -0.05) is 23.2 Å². The zero-order valence-corrected chi connectivity index (χ0v) is 16.0. The molecule has 2 amide bonds. The molecule has 8 heteroatoms. The molecule has 2 N–H and O–H groups in total. The third kappa shape index (κ3) is 5.35. The Bertz CT molecular complexity index is 821. The average molecular weight is 408 g/mol. The van der Waals surface area contributed by atoms with Crippen molar-refractivity contribution in [2.45, 2.75) is 0 Å². The Morgan fingerprint density at radius 2 is 1.74 bits per heavy atom. The molecule has 1 aliphatic heterocycles. The number of amides is 2. The molecule has 6 nitrogen and oxygen atoms in total. The quantitative estimate of drug-likeness (QED) is 0.795. The second-order valence-corrected chi connectivity index (χ2v) is 6.85. The number of hydrogen-bond acceptors (Lipinski definition) is 4. The van der Waals surface area contributed by atoms with E-state index in [0.717, 1.165) is 5.69 Å². The van der Waals surface area contributed by atoms with E-state index in [1.54, 1.807) is 47.4 Å². The molecule has 1 saturated heterocycles. The molecule has 0 spiro atoms. The minimum absolute atomic E-state index is 0.0156. The number of carbonyl (C=O) groups excluding carboxylic acids is 2. The lowest BCUT2D eigenvalue weighted by Gasteiger charge is -2.26. The van der Waals surface area contributed by atoms with Crippen molar-refractivity contribution in [3.63, 3.8) is 0 Å². The molecule has 27 heavy (non-hydrogen) atoms. The highest BCUT2D eigenvalue weighted by Gasteiger charge is 2.18. The van der Waals surface area contributed by atoms with Crippen LogP contribution in [-0.4, -0.2) is 49.6 Å². The lowest BCUT2D eigenvalue weighted by atomic mass is 10.1. The van der Waals surface area contributed by atoms with Crippen LogP contribution in [0, 0.1) is 0 Å². The zero-order chi connectivity index (χ0) is 19.2. The summed E-state index contributed by atoms with van der Waals surface area (Å²) >= 11 is 11.9. The van der Waals surface area contributed by atoms with Crippen molar-refractivity contribution in [1.29, 1.82) is 0 Å². The summed E-state index contributed by atoms with van der Waals surface area (Å²) in [5.74, 6) is -0.272. The summed E-state index contributed by atoms with van der Waals surface area (Å²) in [6.45, 7) is 2.39. The number of rotatable bonds is 5. The molecule has 0 radical (unpaired) electrons. The van der Waals surface area contributed by atoms with Gasteiger partial charge in [0, 0.05) is 29.4 Å². The van der Waals surface area contributed by atoms with E-state index in [0.29, 0.717) is 47.6 Å². The maximum absolute atomic E-state index is 12.4. The fraction of sp³-hybridized carbons (Fsp3) is 0.263. The van der Waals surface area contributed by atoms with Crippen LogP contribution in [-0.2, 0) is 9.53 Å². The van der Waals surface area contributed by atoms with Crippen LogP contribution in [0.1, 0.15) is 10.4 Å². The largest absolute Gasteiger partial charge is 0.378 e. The van der Waals surface area contributed by atoms with Crippen molar-refractivity contribution in [3.8, 4) is 0 Å². The standard InChI is InChI=1S/C19H19Cl2N3O3/c20-14-3-6-16(21)17(11-14)23-18(25)12-22-15-4-1-13(2-5-15)19(26)24-7-9-27-10-8-24/h1-6,11,22H,7-10,12H2,(H,23,25). The third-order valence-corrected chi connectivity index (χ3v) is 4.65. The van der Waals surface area contributed by atoms with Crippen LogP contribution in [0.3, 0.4) is 0 Å². The Hall–Kier alpha value is -2.28. The van der Waals surface area contributed by atoms with Crippen LogP contribution < -0.4 is 10.6 Å². The van der Waals surface area contributed by atoms with Gasteiger partial charge in [0.2, 0.25) is 5.91 Å². The third-order valence-electron chi connectivity index (χ3n) is 4.09. The highest BCUT2D eigenvalue weighted by Crippen LogP contribution is 2.25. The number of benzene rings is 2. The first-order chi connectivity index (χ1) is 13.0. The number of nitrogens with zero attached hydrogens (tertiary/aromatic N) is 1. The minimum Gasteiger partial charge on any atom is -0.378 e. The van der Waals surface area contributed by atoms with E-state index >= 15 is 0 Å². The molecule has 0 aromatic heterocycles. The van der Waals surface area contributed by atoms with Crippen molar-refractivity contribution in [2.75, 3.05) is 43.5 Å². The van der Waals surface area contributed by atoms with E-state index < -0.39 is 0 Å². The summed E-state index contributed by atoms with van der Waals surface area (Å²) in [4.78, 5) is 26.3. The van der Waals surface area contributed by atoms with Gasteiger partial charge in [0.1, 0.15) is 0 Å². The Morgan fingerprint density at radius 3 is 2.44 bits per heavy atom. The van der Waals surface area contributed by atoms with Crippen molar-refractivity contribution < 1.29 is 14.3 Å². The smallest absolute Gasteiger partial charge is 0.254 e. The first-order valence-corrected chi connectivity index (χ1v) is 9.24. The van der Waals surface area contributed by atoms with Crippen LogP contribution in [0.15, 0.2) is 42.5 Å². The molecule has 0 unspecified atom stereocenters. The molecule has 0 aliphatic carbocycles. The molecule has 3 rings (SSSR count). The van der Waals surface area contributed by atoms with Crippen LogP contribution in [0.4, 0.5) is 11.4 Å². The number of hydrogen-bond donors (Lipinski definition) is 2. The van der Waals surface area contributed by atoms with Gasteiger partial charge in [0.05, 0.1) is 30.5 Å². The van der Waals surface area contributed by atoms with Crippen LogP contribution in [0.2, 0.25) is 10.0 Å². The number of halogens is 2. The SMILES string of the molecule is O=C(CNc1ccc(C(=O)N2CCOCC2)cc1)Nc1cc(Cl)ccc1Cl. The number of anilines is 2. The number of nitrogens with one attached hydrogen (secondary N) is 2. The van der Waals surface area contributed by atoms with Gasteiger partial charge < -0.3 is 20.3 Å². The molecule has 0 atom stereocenters. The van der Waals surface area contributed by atoms with Crippen molar-refractivity contribution >= 4 is 46.4 Å². The zero-order valence-electron chi connectivity index (χ0n) is 14.5. The van der Waals surface area contributed by atoms with Crippen LogP contribution in [0.25, 0.3) is 0 Å². The highest BCUT2D eigenvalue weighted by atomic mass is 35.5. The average Bonchev–Trinajstić information content (AvgIpc) is 2.70. The van der Waals surface area contributed by atoms with Gasteiger partial charge in [0.15, 0.2) is 0 Å². The van der Waals surface area contributed by atoms with Crippen molar-refractivity contribution in [2.24, 2.45) is 0 Å². The van der Waals surface area contributed by atoms with Gasteiger partial charge in [-0.05, 0) is 42.5 Å². The monoisotopic (exact) mass is 407 g/mol. The Kier molecular flexibility index (Phi) is 6.55. The molecule has 142 valence electrons. The second kappa shape index (κ2) is 9.08. The lowest BCUT2D eigenvalue weighted by Crippen LogP contribution is -2.40. The summed E-state index contributed by atoms with van der Waals surface area (Å²) in [5, 5.41) is 6.62. The first-order valence-electron chi connectivity index (χ1n) is 8.49. The van der Waals surface area contributed by atoms with Crippen molar-refractivity contribution in [1.82, 2.24) is 4.90 Å². The molecule has 2 aromatic carbocycles. The van der Waals surface area contributed by atoms with E-state index in [4.69, 9.17) is 27.9 Å². The molecule has 0 saturated carbocycles.